The zero-order valence-corrected chi connectivity index (χ0v) is 18.6. The number of fused-ring (bicyclic) bond motifs is 1. The number of rotatable bonds is 6. The Bertz CT molecular complexity index is 1210. The Morgan fingerprint density at radius 2 is 1.90 bits per heavy atom. The van der Waals surface area contributed by atoms with Crippen LogP contribution in [-0.4, -0.2) is 44.4 Å². The van der Waals surface area contributed by atoms with Crippen molar-refractivity contribution in [1.29, 1.82) is 0 Å². The van der Waals surface area contributed by atoms with E-state index in [1.54, 1.807) is 48.5 Å². The van der Waals surface area contributed by atoms with Crippen molar-refractivity contribution in [2.24, 2.45) is 0 Å². The van der Waals surface area contributed by atoms with Gasteiger partial charge in [0.05, 0.1) is 36.9 Å². The van der Waals surface area contributed by atoms with Crippen LogP contribution in [0.15, 0.2) is 53.4 Å². The summed E-state index contributed by atoms with van der Waals surface area (Å²) in [7, 11) is -0.562. The fourth-order valence-corrected chi connectivity index (χ4v) is 5.85. The van der Waals surface area contributed by atoms with Crippen LogP contribution < -0.4 is 14.8 Å². The second-order valence-electron chi connectivity index (χ2n) is 6.81. The van der Waals surface area contributed by atoms with Crippen molar-refractivity contribution in [3.63, 3.8) is 0 Å². The van der Waals surface area contributed by atoms with Gasteiger partial charge in [-0.3, -0.25) is 10.1 Å². The molecule has 2 aromatic carbocycles. The second-order valence-corrected chi connectivity index (χ2v) is 9.83. The van der Waals surface area contributed by atoms with Crippen LogP contribution in [0.1, 0.15) is 20.9 Å². The van der Waals surface area contributed by atoms with Gasteiger partial charge in [-0.1, -0.05) is 18.2 Å². The highest BCUT2D eigenvalue weighted by Crippen LogP contribution is 2.32. The zero-order valence-electron chi connectivity index (χ0n) is 17.0. The molecule has 0 saturated carbocycles. The summed E-state index contributed by atoms with van der Waals surface area (Å²) >= 11 is 1.28. The Morgan fingerprint density at radius 1 is 1.13 bits per heavy atom. The van der Waals surface area contributed by atoms with Gasteiger partial charge in [-0.15, -0.1) is 11.3 Å². The van der Waals surface area contributed by atoms with Crippen molar-refractivity contribution in [2.75, 3.05) is 26.1 Å². The lowest BCUT2D eigenvalue weighted by atomic mass is 10.2. The third-order valence-corrected chi connectivity index (χ3v) is 7.81. The van der Waals surface area contributed by atoms with Crippen LogP contribution in [0.25, 0.3) is 0 Å². The normalized spacial score (nSPS) is 14.0. The molecule has 0 aliphatic carbocycles. The lowest BCUT2D eigenvalue weighted by molar-refractivity contribution is 0.102. The lowest BCUT2D eigenvalue weighted by Crippen LogP contribution is -2.35. The van der Waals surface area contributed by atoms with Crippen LogP contribution >= 0.6 is 11.3 Å². The lowest BCUT2D eigenvalue weighted by Gasteiger charge is -2.25. The first-order valence-corrected chi connectivity index (χ1v) is 11.7. The van der Waals surface area contributed by atoms with Gasteiger partial charge in [-0.05, 0) is 24.3 Å². The van der Waals surface area contributed by atoms with Crippen molar-refractivity contribution in [2.45, 2.75) is 17.9 Å². The minimum Gasteiger partial charge on any atom is -0.497 e. The number of methoxy groups -OCH3 is 2. The molecule has 1 aliphatic heterocycles. The summed E-state index contributed by atoms with van der Waals surface area (Å²) in [6.45, 7) is 0.569. The highest BCUT2D eigenvalue weighted by atomic mass is 32.2. The average molecular weight is 460 g/mol. The van der Waals surface area contributed by atoms with Crippen molar-refractivity contribution in [3.8, 4) is 11.5 Å². The number of benzene rings is 2. The topological polar surface area (TPSA) is 97.8 Å². The Balaban J connectivity index is 1.52. The molecule has 31 heavy (non-hydrogen) atoms. The van der Waals surface area contributed by atoms with Gasteiger partial charge >= 0.3 is 0 Å². The average Bonchev–Trinajstić information content (AvgIpc) is 3.20. The summed E-state index contributed by atoms with van der Waals surface area (Å²) < 4.78 is 37.7. The number of hydrogen-bond acceptors (Lipinski definition) is 7. The fourth-order valence-electron chi connectivity index (χ4n) is 3.32. The van der Waals surface area contributed by atoms with Crippen LogP contribution in [-0.2, 0) is 23.0 Å². The Hall–Kier alpha value is -2.95. The maximum Gasteiger partial charge on any atom is 0.261 e. The van der Waals surface area contributed by atoms with E-state index in [1.165, 1.54) is 29.9 Å². The van der Waals surface area contributed by atoms with Crippen LogP contribution in [0, 0.1) is 0 Å². The predicted octanol–water partition coefficient (Wildman–Crippen LogP) is 3.16. The number of amides is 1. The van der Waals surface area contributed by atoms with Crippen molar-refractivity contribution in [3.05, 3.63) is 64.7 Å². The van der Waals surface area contributed by atoms with Gasteiger partial charge in [0.15, 0.2) is 5.13 Å². The molecule has 1 N–H and O–H groups in total. The van der Waals surface area contributed by atoms with Crippen LogP contribution in [0.5, 0.6) is 11.5 Å². The molecule has 0 atom stereocenters. The number of nitrogens with one attached hydrogen (secondary N) is 1. The summed E-state index contributed by atoms with van der Waals surface area (Å²) in [5.41, 5.74) is 1.16. The van der Waals surface area contributed by atoms with E-state index in [4.69, 9.17) is 9.47 Å². The molecule has 0 bridgehead atoms. The first kappa shape index (κ1) is 21.3. The van der Waals surface area contributed by atoms with E-state index in [1.807, 2.05) is 0 Å². The number of carbonyl (C=O) groups excluding carboxylic acids is 1. The smallest absolute Gasteiger partial charge is 0.261 e. The highest BCUT2D eigenvalue weighted by Gasteiger charge is 2.30. The van der Waals surface area contributed by atoms with Gasteiger partial charge in [-0.25, -0.2) is 13.4 Å². The molecule has 0 unspecified atom stereocenters. The maximum atomic E-state index is 12.9. The molecule has 8 nitrogen and oxygen atoms in total. The van der Waals surface area contributed by atoms with E-state index in [9.17, 15) is 13.2 Å². The quantitative estimate of drug-likeness (QED) is 0.608. The monoisotopic (exact) mass is 459 g/mol. The number of aromatic nitrogens is 1. The zero-order chi connectivity index (χ0) is 22.0. The predicted molar refractivity (Wildman–Crippen MR) is 117 cm³/mol. The van der Waals surface area contributed by atoms with E-state index < -0.39 is 10.0 Å². The number of anilines is 1. The van der Waals surface area contributed by atoms with Crippen molar-refractivity contribution < 1.29 is 22.7 Å². The van der Waals surface area contributed by atoms with E-state index in [0.29, 0.717) is 35.2 Å². The molecule has 0 spiro atoms. The molecular weight excluding hydrogens is 438 g/mol. The second kappa shape index (κ2) is 8.66. The standard InChI is InChI=1S/C21H21N3O5S2/c1-28-14-8-9-16(18(12-14)29-2)20(25)23-21-22-17-10-11-24(13-19(17)30-21)31(26,27)15-6-4-3-5-7-15/h3-9,12H,10-11,13H2,1-2H3,(H,22,23,25). The summed E-state index contributed by atoms with van der Waals surface area (Å²) in [6.07, 6.45) is 0.486. The van der Waals surface area contributed by atoms with Crippen LogP contribution in [0.4, 0.5) is 5.13 Å². The van der Waals surface area contributed by atoms with Gasteiger partial charge in [0.2, 0.25) is 10.0 Å². The Labute approximate surface area is 184 Å². The van der Waals surface area contributed by atoms with E-state index in [0.717, 1.165) is 10.6 Å². The fraction of sp³-hybridized carbons (Fsp3) is 0.238. The van der Waals surface area contributed by atoms with Gasteiger partial charge in [0.1, 0.15) is 11.5 Å². The first-order valence-electron chi connectivity index (χ1n) is 9.49. The number of sulfonamides is 1. The van der Waals surface area contributed by atoms with Crippen LogP contribution in [0.2, 0.25) is 0 Å². The van der Waals surface area contributed by atoms with E-state index >= 15 is 0 Å². The molecular formula is C21H21N3O5S2. The van der Waals surface area contributed by atoms with Crippen molar-refractivity contribution >= 4 is 32.4 Å². The molecule has 10 heteroatoms. The van der Waals surface area contributed by atoms with Gasteiger partial charge in [0.25, 0.3) is 5.91 Å². The highest BCUT2D eigenvalue weighted by molar-refractivity contribution is 7.89. The number of carbonyl (C=O) groups is 1. The van der Waals surface area contributed by atoms with Gasteiger partial charge in [-0.2, -0.15) is 4.31 Å². The largest absolute Gasteiger partial charge is 0.497 e. The first-order chi connectivity index (χ1) is 14.9. The van der Waals surface area contributed by atoms with Gasteiger partial charge < -0.3 is 9.47 Å². The molecule has 1 aliphatic rings. The SMILES string of the molecule is COc1ccc(C(=O)Nc2nc3c(s2)CN(S(=O)(=O)c2ccccc2)CC3)c(OC)c1. The third-order valence-electron chi connectivity index (χ3n) is 4.95. The van der Waals surface area contributed by atoms with E-state index in [-0.39, 0.29) is 17.3 Å². The minimum absolute atomic E-state index is 0.228. The molecule has 1 amide bonds. The number of nitrogens with zero attached hydrogens (tertiary/aromatic N) is 2. The summed E-state index contributed by atoms with van der Waals surface area (Å²) in [5.74, 6) is 0.607. The van der Waals surface area contributed by atoms with Gasteiger partial charge in [0, 0.05) is 23.9 Å². The van der Waals surface area contributed by atoms with Crippen LogP contribution in [0.3, 0.4) is 0 Å². The third kappa shape index (κ3) is 4.27. The molecule has 0 radical (unpaired) electrons. The Morgan fingerprint density at radius 3 is 2.61 bits per heavy atom. The molecule has 4 rings (SSSR count). The summed E-state index contributed by atoms with van der Waals surface area (Å²) in [4.78, 5) is 18.3. The van der Waals surface area contributed by atoms with E-state index in [2.05, 4.69) is 10.3 Å². The number of hydrogen-bond donors (Lipinski definition) is 1. The summed E-state index contributed by atoms with van der Waals surface area (Å²) in [6, 6.07) is 13.3. The molecule has 1 aromatic heterocycles. The minimum atomic E-state index is -3.58. The number of thiazole rings is 1. The molecule has 0 saturated heterocycles. The summed E-state index contributed by atoms with van der Waals surface area (Å²) in [5, 5.41) is 3.22. The molecule has 162 valence electrons. The van der Waals surface area contributed by atoms with Crippen molar-refractivity contribution in [1.82, 2.24) is 9.29 Å². The number of ether oxygens (including phenoxy) is 2. The molecule has 2 heterocycles. The molecule has 3 aromatic rings. The molecule has 0 fully saturated rings. The maximum absolute atomic E-state index is 12.9. The Kier molecular flexibility index (Phi) is 5.94.